The molecule has 3 amide bonds. The van der Waals surface area contributed by atoms with Crippen molar-refractivity contribution in [3.63, 3.8) is 0 Å². The number of piperidine rings is 1. The smallest absolute Gasteiger partial charge is 0.276 e. The molecule has 3 aliphatic heterocycles. The van der Waals surface area contributed by atoms with Crippen LogP contribution in [0.4, 0.5) is 5.82 Å². The third-order valence-corrected chi connectivity index (χ3v) is 10.7. The van der Waals surface area contributed by atoms with Gasteiger partial charge in [0.25, 0.3) is 17.7 Å². The summed E-state index contributed by atoms with van der Waals surface area (Å²) in [5.41, 5.74) is 4.13. The van der Waals surface area contributed by atoms with E-state index in [9.17, 15) is 19.6 Å². The minimum Gasteiger partial charge on any atom is -0.381 e. The van der Waals surface area contributed by atoms with Gasteiger partial charge in [-0.1, -0.05) is 0 Å². The Balaban J connectivity index is 1.24. The van der Waals surface area contributed by atoms with Gasteiger partial charge in [0.05, 0.1) is 27.8 Å². The molecule has 2 aromatic heterocycles. The molecule has 0 radical (unpaired) electrons. The van der Waals surface area contributed by atoms with E-state index in [4.69, 9.17) is 9.84 Å². The number of rotatable bonds is 6. The van der Waals surface area contributed by atoms with Gasteiger partial charge in [-0.15, -0.1) is 11.3 Å². The van der Waals surface area contributed by atoms with E-state index < -0.39 is 12.1 Å². The lowest BCUT2D eigenvalue weighted by atomic mass is 9.82. The summed E-state index contributed by atoms with van der Waals surface area (Å²) in [5.74, 6) is 0.0866. The van der Waals surface area contributed by atoms with Gasteiger partial charge in [0.15, 0.2) is 5.69 Å². The average Bonchev–Trinajstić information content (AvgIpc) is 3.88. The lowest BCUT2D eigenvalue weighted by Gasteiger charge is -2.39. The van der Waals surface area contributed by atoms with Gasteiger partial charge >= 0.3 is 0 Å². The van der Waals surface area contributed by atoms with E-state index in [-0.39, 0.29) is 41.6 Å². The maximum Gasteiger partial charge on any atom is 0.276 e. The summed E-state index contributed by atoms with van der Waals surface area (Å²) in [6.07, 6.45) is 4.90. The van der Waals surface area contributed by atoms with Gasteiger partial charge in [-0.2, -0.15) is 10.4 Å². The van der Waals surface area contributed by atoms with E-state index in [1.54, 1.807) is 21.4 Å². The number of hydrogen-bond acceptors (Lipinski definition) is 8. The Bertz CT molecular complexity index is 1680. The van der Waals surface area contributed by atoms with Gasteiger partial charge < -0.3 is 15.0 Å². The maximum absolute atomic E-state index is 14.4. The number of likely N-dealkylation sites (tertiary alicyclic amines) is 1. The molecule has 1 N–H and O–H groups in total. The standard InChI is InChI=1S/C31H33N7O4S/c1-2-36-29-25(24(16-3-4-16)26(30(36)40)34-28(39)17-5-6-21-23(13-17)43-15-33-21)27(35-38(29)19-7-9-42-10-8-19)31(41)37-20(14-32)11-18-12-22(18)37/h5-6,13,15-16,18-20,22,24,26H,2-4,7-12H2,1H3,(H,34,39)/t18-,20-,22+,24-,26-/m0/s1. The average molecular weight is 600 g/mol. The highest BCUT2D eigenvalue weighted by molar-refractivity contribution is 7.16. The molecule has 8 rings (SSSR count). The van der Waals surface area contributed by atoms with Crippen molar-refractivity contribution in [3.8, 4) is 6.07 Å². The maximum atomic E-state index is 14.4. The summed E-state index contributed by atoms with van der Waals surface area (Å²) in [4.78, 5) is 50.2. The Morgan fingerprint density at radius 2 is 1.98 bits per heavy atom. The molecule has 222 valence electrons. The molecule has 0 spiro atoms. The van der Waals surface area contributed by atoms with Crippen LogP contribution < -0.4 is 10.2 Å². The van der Waals surface area contributed by atoms with E-state index in [0.717, 1.165) is 47.9 Å². The fourth-order valence-electron chi connectivity index (χ4n) is 7.58. The summed E-state index contributed by atoms with van der Waals surface area (Å²) >= 11 is 1.46. The molecule has 43 heavy (non-hydrogen) atoms. The van der Waals surface area contributed by atoms with Gasteiger partial charge in [0, 0.05) is 42.8 Å². The van der Waals surface area contributed by atoms with Gasteiger partial charge in [0.1, 0.15) is 17.9 Å². The number of anilines is 1. The third-order valence-electron chi connectivity index (χ3n) is 9.95. The van der Waals surface area contributed by atoms with Crippen LogP contribution in [0.15, 0.2) is 23.7 Å². The highest BCUT2D eigenvalue weighted by Crippen LogP contribution is 2.53. The Kier molecular flexibility index (Phi) is 6.31. The Hall–Kier alpha value is -3.82. The molecule has 1 aromatic carbocycles. The van der Waals surface area contributed by atoms with Crippen molar-refractivity contribution in [2.24, 2.45) is 11.8 Å². The van der Waals surface area contributed by atoms with Crippen molar-refractivity contribution in [3.05, 3.63) is 40.5 Å². The van der Waals surface area contributed by atoms with Gasteiger partial charge in [-0.05, 0) is 75.5 Å². The first kappa shape index (κ1) is 26.8. The highest BCUT2D eigenvalue weighted by Gasteiger charge is 2.57. The molecule has 0 unspecified atom stereocenters. The number of thiazole rings is 1. The summed E-state index contributed by atoms with van der Waals surface area (Å²) in [7, 11) is 0. The molecule has 3 aromatic rings. The van der Waals surface area contributed by atoms with Crippen LogP contribution in [0.25, 0.3) is 10.2 Å². The number of ether oxygens (including phenoxy) is 1. The molecule has 11 nitrogen and oxygen atoms in total. The van der Waals surface area contributed by atoms with Crippen LogP contribution in [0, 0.1) is 23.2 Å². The number of carbonyl (C=O) groups is 3. The number of nitrogens with zero attached hydrogens (tertiary/aromatic N) is 6. The van der Waals surface area contributed by atoms with Gasteiger partial charge in [0.2, 0.25) is 0 Å². The van der Waals surface area contributed by atoms with E-state index in [0.29, 0.717) is 49.2 Å². The number of nitriles is 1. The quantitative estimate of drug-likeness (QED) is 0.457. The van der Waals surface area contributed by atoms with E-state index in [1.165, 1.54) is 11.3 Å². The molecular weight excluding hydrogens is 566 g/mol. The molecule has 5 aliphatic rings. The summed E-state index contributed by atoms with van der Waals surface area (Å²) in [6, 6.07) is 6.47. The molecule has 5 heterocycles. The second kappa shape index (κ2) is 10.1. The van der Waals surface area contributed by atoms with E-state index in [1.807, 2.05) is 23.7 Å². The molecule has 4 fully saturated rings. The first-order valence-corrected chi connectivity index (χ1v) is 16.2. The Labute approximate surface area is 252 Å². The number of carbonyl (C=O) groups excluding carboxylic acids is 3. The van der Waals surface area contributed by atoms with Crippen molar-refractivity contribution in [1.82, 2.24) is 25.0 Å². The second-order valence-corrected chi connectivity index (χ2v) is 13.3. The number of amides is 3. The zero-order valence-electron chi connectivity index (χ0n) is 23.9. The monoisotopic (exact) mass is 599 g/mol. The SMILES string of the molecule is CCN1C(=O)[C@@H](NC(=O)c2ccc3ncsc3c2)[C@@H](C2CC2)c2c(C(=O)N3[C@H](C#N)C[C@H]4C[C@H]43)nn(C3CCOCC3)c21. The van der Waals surface area contributed by atoms with E-state index >= 15 is 0 Å². The molecule has 0 bridgehead atoms. The van der Waals surface area contributed by atoms with Crippen LogP contribution >= 0.6 is 11.3 Å². The van der Waals surface area contributed by atoms with Crippen LogP contribution in [-0.2, 0) is 9.53 Å². The van der Waals surface area contributed by atoms with E-state index in [2.05, 4.69) is 16.4 Å². The van der Waals surface area contributed by atoms with Gasteiger partial charge in [-0.25, -0.2) is 9.67 Å². The number of aromatic nitrogens is 3. The first-order valence-electron chi connectivity index (χ1n) is 15.4. The fraction of sp³-hybridized carbons (Fsp3) is 0.548. The zero-order valence-corrected chi connectivity index (χ0v) is 24.8. The number of fused-ring (bicyclic) bond motifs is 3. The number of benzene rings is 1. The largest absolute Gasteiger partial charge is 0.381 e. The lowest BCUT2D eigenvalue weighted by Crippen LogP contribution is -2.56. The highest BCUT2D eigenvalue weighted by atomic mass is 32.1. The summed E-state index contributed by atoms with van der Waals surface area (Å²) < 4.78 is 8.44. The molecule has 12 heteroatoms. The number of nitrogens with one attached hydrogen (secondary N) is 1. The predicted molar refractivity (Wildman–Crippen MR) is 158 cm³/mol. The normalized spacial score (nSPS) is 28.5. The number of likely N-dealkylation sites (N-methyl/N-ethyl adjacent to an activating group) is 1. The van der Waals surface area contributed by atoms with Crippen molar-refractivity contribution in [2.45, 2.75) is 75.5 Å². The molecule has 2 saturated carbocycles. The Morgan fingerprint density at radius 1 is 1.16 bits per heavy atom. The van der Waals surface area contributed by atoms with Crippen LogP contribution in [-0.4, -0.2) is 75.3 Å². The molecule has 2 saturated heterocycles. The zero-order chi connectivity index (χ0) is 29.4. The lowest BCUT2D eigenvalue weighted by molar-refractivity contribution is -0.121. The van der Waals surface area contributed by atoms with Crippen LogP contribution in [0.5, 0.6) is 0 Å². The topological polar surface area (TPSA) is 133 Å². The predicted octanol–water partition coefficient (Wildman–Crippen LogP) is 3.63. The van der Waals surface area contributed by atoms with Crippen molar-refractivity contribution < 1.29 is 19.1 Å². The minimum atomic E-state index is -0.831. The Morgan fingerprint density at radius 3 is 2.72 bits per heavy atom. The van der Waals surface area contributed by atoms with Crippen molar-refractivity contribution in [2.75, 3.05) is 24.7 Å². The van der Waals surface area contributed by atoms with Crippen molar-refractivity contribution >= 4 is 45.1 Å². The van der Waals surface area contributed by atoms with Crippen molar-refractivity contribution in [1.29, 1.82) is 5.26 Å². The van der Waals surface area contributed by atoms with Crippen LogP contribution in [0.3, 0.4) is 0 Å². The second-order valence-electron chi connectivity index (χ2n) is 12.5. The fourth-order valence-corrected chi connectivity index (χ4v) is 8.29. The van der Waals surface area contributed by atoms with Gasteiger partial charge in [-0.3, -0.25) is 19.3 Å². The molecular formula is C31H33N7O4S. The summed E-state index contributed by atoms with van der Waals surface area (Å²) in [5, 5.41) is 18.0. The minimum absolute atomic E-state index is 0.0120. The van der Waals surface area contributed by atoms with Crippen LogP contribution in [0.1, 0.15) is 83.8 Å². The molecule has 2 aliphatic carbocycles. The van der Waals surface area contributed by atoms with Crippen LogP contribution in [0.2, 0.25) is 0 Å². The third kappa shape index (κ3) is 4.27. The first-order chi connectivity index (χ1) is 21.0. The molecule has 5 atom stereocenters. The number of hydrogen-bond donors (Lipinski definition) is 1. The summed E-state index contributed by atoms with van der Waals surface area (Å²) in [6.45, 7) is 3.47.